The maximum atomic E-state index is 6.08. The first-order valence-corrected chi connectivity index (χ1v) is 6.17. The molecule has 0 radical (unpaired) electrons. The molecule has 0 spiro atoms. The summed E-state index contributed by atoms with van der Waals surface area (Å²) in [4.78, 5) is 0. The average molecular weight is 241 g/mol. The van der Waals surface area contributed by atoms with E-state index in [0.29, 0.717) is 12.1 Å². The first-order chi connectivity index (χ1) is 7.59. The standard InChI is InChI=1S/C13H21ClN2/c1-10(2)15-8-11(3)16-9-12-6-4-5-7-13(12)14/h4-7,10-11,15-16H,8-9H2,1-3H3. The lowest BCUT2D eigenvalue weighted by Crippen LogP contribution is -2.38. The lowest BCUT2D eigenvalue weighted by Gasteiger charge is -2.17. The minimum absolute atomic E-state index is 0.443. The molecule has 2 nitrogen and oxygen atoms in total. The monoisotopic (exact) mass is 240 g/mol. The van der Waals surface area contributed by atoms with E-state index in [1.807, 2.05) is 18.2 Å². The van der Waals surface area contributed by atoms with Gasteiger partial charge in [0.05, 0.1) is 0 Å². The Labute approximate surface area is 103 Å². The molecule has 0 aliphatic rings. The molecular weight excluding hydrogens is 220 g/mol. The van der Waals surface area contributed by atoms with Gasteiger partial charge in [-0.05, 0) is 18.6 Å². The molecular formula is C13H21ClN2. The third-order valence-corrected chi connectivity index (χ3v) is 2.80. The second kappa shape index (κ2) is 6.89. The van der Waals surface area contributed by atoms with Crippen LogP contribution in [0.1, 0.15) is 26.3 Å². The summed E-state index contributed by atoms with van der Waals surface area (Å²) in [6.07, 6.45) is 0. The van der Waals surface area contributed by atoms with Gasteiger partial charge in [-0.25, -0.2) is 0 Å². The van der Waals surface area contributed by atoms with E-state index in [4.69, 9.17) is 11.6 Å². The summed E-state index contributed by atoms with van der Waals surface area (Å²) in [5, 5.41) is 7.68. The topological polar surface area (TPSA) is 24.1 Å². The molecule has 0 aliphatic carbocycles. The summed E-state index contributed by atoms with van der Waals surface area (Å²) in [5.41, 5.74) is 1.15. The van der Waals surface area contributed by atoms with Crippen LogP contribution in [0.3, 0.4) is 0 Å². The van der Waals surface area contributed by atoms with Gasteiger partial charge >= 0.3 is 0 Å². The smallest absolute Gasteiger partial charge is 0.0450 e. The molecule has 1 atom stereocenters. The molecule has 1 aromatic rings. The predicted molar refractivity (Wildman–Crippen MR) is 70.9 cm³/mol. The van der Waals surface area contributed by atoms with E-state index >= 15 is 0 Å². The molecule has 90 valence electrons. The molecule has 2 N–H and O–H groups in total. The molecule has 1 aromatic carbocycles. The number of hydrogen-bond donors (Lipinski definition) is 2. The molecule has 0 fully saturated rings. The highest BCUT2D eigenvalue weighted by Gasteiger charge is 2.03. The van der Waals surface area contributed by atoms with Crippen molar-refractivity contribution in [3.8, 4) is 0 Å². The largest absolute Gasteiger partial charge is 0.313 e. The van der Waals surface area contributed by atoms with Crippen LogP contribution in [0.5, 0.6) is 0 Å². The average Bonchev–Trinajstić information content (AvgIpc) is 2.25. The van der Waals surface area contributed by atoms with Gasteiger partial charge in [-0.2, -0.15) is 0 Å². The van der Waals surface area contributed by atoms with E-state index in [1.165, 1.54) is 0 Å². The van der Waals surface area contributed by atoms with E-state index in [2.05, 4.69) is 37.5 Å². The molecule has 0 saturated carbocycles. The van der Waals surface area contributed by atoms with Crippen molar-refractivity contribution in [2.24, 2.45) is 0 Å². The lowest BCUT2D eigenvalue weighted by molar-refractivity contribution is 0.474. The second-order valence-electron chi connectivity index (χ2n) is 4.44. The van der Waals surface area contributed by atoms with Crippen LogP contribution in [0.2, 0.25) is 5.02 Å². The van der Waals surface area contributed by atoms with Crippen LogP contribution in [0.25, 0.3) is 0 Å². The van der Waals surface area contributed by atoms with Crippen LogP contribution < -0.4 is 10.6 Å². The van der Waals surface area contributed by atoms with Gasteiger partial charge in [0.2, 0.25) is 0 Å². The first kappa shape index (κ1) is 13.5. The van der Waals surface area contributed by atoms with Gasteiger partial charge in [-0.1, -0.05) is 43.6 Å². The quantitative estimate of drug-likeness (QED) is 0.799. The summed E-state index contributed by atoms with van der Waals surface area (Å²) < 4.78 is 0. The zero-order chi connectivity index (χ0) is 12.0. The number of rotatable bonds is 6. The Kier molecular flexibility index (Phi) is 5.81. The zero-order valence-electron chi connectivity index (χ0n) is 10.3. The second-order valence-corrected chi connectivity index (χ2v) is 4.84. The molecule has 1 rings (SSSR count). The Bertz CT molecular complexity index is 313. The summed E-state index contributed by atoms with van der Waals surface area (Å²) in [6, 6.07) is 8.92. The molecule has 1 unspecified atom stereocenters. The van der Waals surface area contributed by atoms with E-state index in [9.17, 15) is 0 Å². The molecule has 0 saturated heterocycles. The van der Waals surface area contributed by atoms with Gasteiger partial charge in [0, 0.05) is 30.2 Å². The van der Waals surface area contributed by atoms with Crippen molar-refractivity contribution in [1.82, 2.24) is 10.6 Å². The minimum atomic E-state index is 0.443. The maximum Gasteiger partial charge on any atom is 0.0450 e. The first-order valence-electron chi connectivity index (χ1n) is 5.79. The minimum Gasteiger partial charge on any atom is -0.313 e. The third kappa shape index (κ3) is 4.97. The molecule has 0 bridgehead atoms. The van der Waals surface area contributed by atoms with E-state index in [0.717, 1.165) is 23.7 Å². The van der Waals surface area contributed by atoms with Crippen molar-refractivity contribution in [3.63, 3.8) is 0 Å². The summed E-state index contributed by atoms with van der Waals surface area (Å²) >= 11 is 6.08. The molecule has 0 amide bonds. The highest BCUT2D eigenvalue weighted by molar-refractivity contribution is 6.31. The van der Waals surface area contributed by atoms with E-state index in [-0.39, 0.29) is 0 Å². The molecule has 0 heterocycles. The fourth-order valence-corrected chi connectivity index (χ4v) is 1.61. The normalized spacial score (nSPS) is 13.1. The van der Waals surface area contributed by atoms with Gasteiger partial charge < -0.3 is 10.6 Å². The lowest BCUT2D eigenvalue weighted by atomic mass is 10.2. The van der Waals surface area contributed by atoms with Crippen molar-refractivity contribution >= 4 is 11.6 Å². The Morgan fingerprint density at radius 1 is 1.12 bits per heavy atom. The SMILES string of the molecule is CC(C)NCC(C)NCc1ccccc1Cl. The van der Waals surface area contributed by atoms with Crippen LogP contribution in [-0.4, -0.2) is 18.6 Å². The molecule has 0 aromatic heterocycles. The Hall–Kier alpha value is -0.570. The fraction of sp³-hybridized carbons (Fsp3) is 0.538. The van der Waals surface area contributed by atoms with Gasteiger partial charge in [0.1, 0.15) is 0 Å². The fourth-order valence-electron chi connectivity index (χ4n) is 1.41. The Morgan fingerprint density at radius 2 is 1.81 bits per heavy atom. The van der Waals surface area contributed by atoms with Crippen LogP contribution >= 0.6 is 11.6 Å². The van der Waals surface area contributed by atoms with Crippen molar-refractivity contribution in [3.05, 3.63) is 34.9 Å². The molecule has 0 aliphatic heterocycles. The van der Waals surface area contributed by atoms with Gasteiger partial charge in [0.25, 0.3) is 0 Å². The van der Waals surface area contributed by atoms with Crippen LogP contribution in [0.4, 0.5) is 0 Å². The number of hydrogen-bond acceptors (Lipinski definition) is 2. The summed E-state index contributed by atoms with van der Waals surface area (Å²) in [7, 11) is 0. The molecule has 3 heteroatoms. The van der Waals surface area contributed by atoms with Crippen LogP contribution in [0, 0.1) is 0 Å². The highest BCUT2D eigenvalue weighted by atomic mass is 35.5. The summed E-state index contributed by atoms with van der Waals surface area (Å²) in [6.45, 7) is 8.27. The van der Waals surface area contributed by atoms with Crippen LogP contribution in [0.15, 0.2) is 24.3 Å². The summed E-state index contributed by atoms with van der Waals surface area (Å²) in [5.74, 6) is 0. The van der Waals surface area contributed by atoms with Crippen molar-refractivity contribution in [2.45, 2.75) is 39.4 Å². The number of benzene rings is 1. The third-order valence-electron chi connectivity index (χ3n) is 2.43. The zero-order valence-corrected chi connectivity index (χ0v) is 11.0. The van der Waals surface area contributed by atoms with E-state index < -0.39 is 0 Å². The van der Waals surface area contributed by atoms with Crippen molar-refractivity contribution in [1.29, 1.82) is 0 Å². The Balaban J connectivity index is 2.31. The number of halogens is 1. The Morgan fingerprint density at radius 3 is 2.44 bits per heavy atom. The van der Waals surface area contributed by atoms with Crippen molar-refractivity contribution in [2.75, 3.05) is 6.54 Å². The maximum absolute atomic E-state index is 6.08. The van der Waals surface area contributed by atoms with E-state index in [1.54, 1.807) is 0 Å². The predicted octanol–water partition coefficient (Wildman–Crippen LogP) is 2.82. The van der Waals surface area contributed by atoms with Crippen molar-refractivity contribution < 1.29 is 0 Å². The molecule has 16 heavy (non-hydrogen) atoms. The number of nitrogens with one attached hydrogen (secondary N) is 2. The van der Waals surface area contributed by atoms with Gasteiger partial charge in [0.15, 0.2) is 0 Å². The van der Waals surface area contributed by atoms with Crippen LogP contribution in [-0.2, 0) is 6.54 Å². The highest BCUT2D eigenvalue weighted by Crippen LogP contribution is 2.14. The van der Waals surface area contributed by atoms with Gasteiger partial charge in [-0.3, -0.25) is 0 Å². The van der Waals surface area contributed by atoms with Gasteiger partial charge in [-0.15, -0.1) is 0 Å².